The average Bonchev–Trinajstić information content (AvgIpc) is 2.96. The molecule has 24 heavy (non-hydrogen) atoms. The number of allylic oxidation sites excluding steroid dienone is 2. The summed E-state index contributed by atoms with van der Waals surface area (Å²) in [4.78, 5) is 12.3. The highest BCUT2D eigenvalue weighted by atomic mass is 16.1. The highest BCUT2D eigenvalue weighted by Gasteiger charge is 2.22. The molecule has 0 N–H and O–H groups in total. The predicted molar refractivity (Wildman–Crippen MR) is 102 cm³/mol. The molecule has 0 radical (unpaired) electrons. The van der Waals surface area contributed by atoms with E-state index in [-0.39, 0.29) is 5.78 Å². The van der Waals surface area contributed by atoms with Crippen LogP contribution in [-0.4, -0.2) is 5.78 Å². The van der Waals surface area contributed by atoms with E-state index in [1.165, 1.54) is 16.7 Å². The van der Waals surface area contributed by atoms with Gasteiger partial charge in [-0.05, 0) is 53.2 Å². The van der Waals surface area contributed by atoms with Crippen LogP contribution in [-0.2, 0) is 17.6 Å². The van der Waals surface area contributed by atoms with Crippen LogP contribution in [0.15, 0.2) is 59.7 Å². The summed E-state index contributed by atoms with van der Waals surface area (Å²) in [6.45, 7) is 4.31. The zero-order valence-corrected chi connectivity index (χ0v) is 14.5. The average molecular weight is 316 g/mol. The van der Waals surface area contributed by atoms with Gasteiger partial charge in [-0.25, -0.2) is 0 Å². The molecule has 0 amide bonds. The number of benzene rings is 2. The molecule has 122 valence electrons. The Kier molecular flexibility index (Phi) is 5.10. The van der Waals surface area contributed by atoms with Crippen molar-refractivity contribution >= 4 is 17.9 Å². The van der Waals surface area contributed by atoms with E-state index < -0.39 is 0 Å². The Morgan fingerprint density at radius 2 is 1.25 bits per heavy atom. The van der Waals surface area contributed by atoms with E-state index in [1.54, 1.807) is 0 Å². The first kappa shape index (κ1) is 16.4. The summed E-state index contributed by atoms with van der Waals surface area (Å²) in [6.07, 6.45) is 7.76. The molecule has 0 spiro atoms. The standard InChI is InChI=1S/C23H24O/c1-3-17-5-9-19(10-6-17)15-21-13-14-23(24)22(21)16-20-11-7-18(4-2)8-12-20/h5-12,15-16H,3-4,13-14H2,1-2H3/b21-15-,22-16-. The van der Waals surface area contributed by atoms with Gasteiger partial charge in [0.2, 0.25) is 0 Å². The lowest BCUT2D eigenvalue weighted by Crippen LogP contribution is -1.93. The molecule has 0 atom stereocenters. The van der Waals surface area contributed by atoms with E-state index in [1.807, 2.05) is 6.08 Å². The van der Waals surface area contributed by atoms with E-state index in [2.05, 4.69) is 68.5 Å². The number of carbonyl (C=O) groups is 1. The van der Waals surface area contributed by atoms with Crippen LogP contribution < -0.4 is 0 Å². The molecule has 3 rings (SSSR count). The molecule has 1 nitrogen and oxygen atoms in total. The van der Waals surface area contributed by atoms with Gasteiger partial charge >= 0.3 is 0 Å². The van der Waals surface area contributed by atoms with Crippen LogP contribution in [0, 0.1) is 0 Å². The van der Waals surface area contributed by atoms with E-state index in [0.29, 0.717) is 6.42 Å². The van der Waals surface area contributed by atoms with E-state index >= 15 is 0 Å². The van der Waals surface area contributed by atoms with Crippen molar-refractivity contribution in [3.8, 4) is 0 Å². The molecule has 1 aliphatic carbocycles. The summed E-state index contributed by atoms with van der Waals surface area (Å²) in [5.41, 5.74) is 6.96. The third-order valence-corrected chi connectivity index (χ3v) is 4.70. The molecular weight excluding hydrogens is 292 g/mol. The maximum absolute atomic E-state index is 12.3. The third kappa shape index (κ3) is 3.73. The Labute approximate surface area is 144 Å². The van der Waals surface area contributed by atoms with Crippen molar-refractivity contribution in [2.45, 2.75) is 39.5 Å². The van der Waals surface area contributed by atoms with Crippen molar-refractivity contribution in [3.63, 3.8) is 0 Å². The second-order valence-corrected chi connectivity index (χ2v) is 6.34. The minimum Gasteiger partial charge on any atom is -0.294 e. The minimum atomic E-state index is 0.256. The number of Topliss-reactive ketones (excluding diaryl/α,β-unsaturated/α-hetero) is 1. The van der Waals surface area contributed by atoms with Crippen molar-refractivity contribution in [1.82, 2.24) is 0 Å². The lowest BCUT2D eigenvalue weighted by molar-refractivity contribution is -0.114. The summed E-state index contributed by atoms with van der Waals surface area (Å²) in [6, 6.07) is 17.1. The molecule has 0 aliphatic heterocycles. The SMILES string of the molecule is CCc1ccc(/C=C2/CCC(=O)/C2=C\c2ccc(CC)cc2)cc1. The zero-order valence-electron chi connectivity index (χ0n) is 14.5. The Morgan fingerprint density at radius 1 is 0.750 bits per heavy atom. The second-order valence-electron chi connectivity index (χ2n) is 6.34. The van der Waals surface area contributed by atoms with Gasteiger partial charge in [-0.3, -0.25) is 4.79 Å². The monoisotopic (exact) mass is 316 g/mol. The van der Waals surface area contributed by atoms with Gasteiger partial charge in [-0.2, -0.15) is 0 Å². The van der Waals surface area contributed by atoms with Gasteiger partial charge in [0.1, 0.15) is 0 Å². The maximum atomic E-state index is 12.3. The number of hydrogen-bond acceptors (Lipinski definition) is 1. The molecule has 1 saturated carbocycles. The van der Waals surface area contributed by atoms with Crippen LogP contribution in [0.4, 0.5) is 0 Å². The summed E-state index contributed by atoms with van der Waals surface area (Å²) in [5, 5.41) is 0. The van der Waals surface area contributed by atoms with E-state index in [9.17, 15) is 4.79 Å². The van der Waals surface area contributed by atoms with Crippen molar-refractivity contribution in [2.24, 2.45) is 0 Å². The fourth-order valence-electron chi connectivity index (χ4n) is 3.09. The Balaban J connectivity index is 1.90. The summed E-state index contributed by atoms with van der Waals surface area (Å²) < 4.78 is 0. The maximum Gasteiger partial charge on any atom is 0.163 e. The van der Waals surface area contributed by atoms with Crippen molar-refractivity contribution in [3.05, 3.63) is 81.9 Å². The second kappa shape index (κ2) is 7.44. The summed E-state index contributed by atoms with van der Waals surface area (Å²) >= 11 is 0. The number of carbonyl (C=O) groups excluding carboxylic acids is 1. The lowest BCUT2D eigenvalue weighted by Gasteiger charge is -2.03. The molecule has 0 bridgehead atoms. The molecule has 1 fully saturated rings. The Morgan fingerprint density at radius 3 is 1.75 bits per heavy atom. The molecule has 2 aromatic carbocycles. The van der Waals surface area contributed by atoms with Crippen LogP contribution in [0.5, 0.6) is 0 Å². The molecule has 0 unspecified atom stereocenters. The van der Waals surface area contributed by atoms with E-state index in [4.69, 9.17) is 0 Å². The number of aryl methyl sites for hydroxylation is 2. The van der Waals surface area contributed by atoms with Gasteiger partial charge in [-0.15, -0.1) is 0 Å². The van der Waals surface area contributed by atoms with E-state index in [0.717, 1.165) is 36.0 Å². The zero-order chi connectivity index (χ0) is 16.9. The fraction of sp³-hybridized carbons (Fsp3) is 0.261. The Bertz CT molecular complexity index is 774. The quantitative estimate of drug-likeness (QED) is 0.667. The van der Waals surface area contributed by atoms with Crippen molar-refractivity contribution in [2.75, 3.05) is 0 Å². The minimum absolute atomic E-state index is 0.256. The molecule has 2 aromatic rings. The van der Waals surface area contributed by atoms with Crippen LogP contribution >= 0.6 is 0 Å². The van der Waals surface area contributed by atoms with Gasteiger partial charge in [0.15, 0.2) is 5.78 Å². The first-order chi connectivity index (χ1) is 11.7. The van der Waals surface area contributed by atoms with Gasteiger partial charge in [0, 0.05) is 12.0 Å². The van der Waals surface area contributed by atoms with Crippen molar-refractivity contribution < 1.29 is 4.79 Å². The van der Waals surface area contributed by atoms with Crippen LogP contribution in [0.1, 0.15) is 48.9 Å². The van der Waals surface area contributed by atoms with Crippen molar-refractivity contribution in [1.29, 1.82) is 0 Å². The fourth-order valence-corrected chi connectivity index (χ4v) is 3.09. The predicted octanol–water partition coefficient (Wildman–Crippen LogP) is 5.64. The summed E-state index contributed by atoms with van der Waals surface area (Å²) in [7, 11) is 0. The van der Waals surface area contributed by atoms with Crippen LogP contribution in [0.3, 0.4) is 0 Å². The topological polar surface area (TPSA) is 17.1 Å². The normalized spacial score (nSPS) is 17.8. The molecule has 1 aliphatic rings. The lowest BCUT2D eigenvalue weighted by atomic mass is 10.0. The molecule has 0 saturated heterocycles. The van der Waals surface area contributed by atoms with Gasteiger partial charge in [0.25, 0.3) is 0 Å². The van der Waals surface area contributed by atoms with Gasteiger partial charge in [-0.1, -0.05) is 68.5 Å². The third-order valence-electron chi connectivity index (χ3n) is 4.70. The first-order valence-electron chi connectivity index (χ1n) is 8.83. The van der Waals surface area contributed by atoms with Gasteiger partial charge in [0.05, 0.1) is 0 Å². The number of rotatable bonds is 4. The summed E-state index contributed by atoms with van der Waals surface area (Å²) in [5.74, 6) is 0.256. The largest absolute Gasteiger partial charge is 0.294 e. The van der Waals surface area contributed by atoms with Crippen LogP contribution in [0.2, 0.25) is 0 Å². The highest BCUT2D eigenvalue weighted by molar-refractivity contribution is 6.08. The highest BCUT2D eigenvalue weighted by Crippen LogP contribution is 2.31. The molecule has 0 aromatic heterocycles. The Hall–Kier alpha value is -2.41. The molecule has 1 heteroatoms. The molecule has 0 heterocycles. The first-order valence-corrected chi connectivity index (χ1v) is 8.83. The molecular formula is C23H24O. The number of ketones is 1. The number of hydrogen-bond donors (Lipinski definition) is 0. The van der Waals surface area contributed by atoms with Crippen LogP contribution in [0.25, 0.3) is 12.2 Å². The van der Waals surface area contributed by atoms with Gasteiger partial charge < -0.3 is 0 Å². The smallest absolute Gasteiger partial charge is 0.163 e.